The van der Waals surface area contributed by atoms with Gasteiger partial charge >= 0.3 is 0 Å². The van der Waals surface area contributed by atoms with Crippen molar-refractivity contribution in [2.75, 3.05) is 0 Å². The summed E-state index contributed by atoms with van der Waals surface area (Å²) in [6.45, 7) is 11.4. The molecule has 0 saturated carbocycles. The number of pyridine rings is 1. The summed E-state index contributed by atoms with van der Waals surface area (Å²) < 4.78 is 8.83. The minimum absolute atomic E-state index is 0. The zero-order chi connectivity index (χ0) is 41.0. The average Bonchev–Trinajstić information content (AvgIpc) is 3.84. The monoisotopic (exact) mass is 982 g/mol. The first-order chi connectivity index (χ1) is 29.2. The number of rotatable bonds is 5. The molecule has 0 atom stereocenters. The van der Waals surface area contributed by atoms with Crippen molar-refractivity contribution >= 4 is 67.8 Å². The van der Waals surface area contributed by atoms with Gasteiger partial charge in [0.2, 0.25) is 0 Å². The number of hydrogen-bond donors (Lipinski definition) is 0. The molecule has 0 unspecified atom stereocenters. The van der Waals surface area contributed by atoms with Gasteiger partial charge < -0.3 is 14.0 Å². The smallest absolute Gasteiger partial charge is 0.120 e. The zero-order valence-corrected chi connectivity index (χ0v) is 38.1. The van der Waals surface area contributed by atoms with Gasteiger partial charge in [-0.1, -0.05) is 128 Å². The Balaban J connectivity index is 0.000000237. The number of fused-ring (bicyclic) bond motifs is 7. The van der Waals surface area contributed by atoms with Gasteiger partial charge in [0.15, 0.2) is 0 Å². The van der Waals surface area contributed by atoms with Crippen molar-refractivity contribution in [2.45, 2.75) is 33.5 Å². The Bertz CT molecular complexity index is 3340. The summed E-state index contributed by atoms with van der Waals surface area (Å²) >= 11 is 0. The third kappa shape index (κ3) is 7.42. The van der Waals surface area contributed by atoms with Crippen LogP contribution in [0.25, 0.3) is 94.0 Å². The van der Waals surface area contributed by atoms with Gasteiger partial charge in [0, 0.05) is 37.4 Å². The van der Waals surface area contributed by atoms with Crippen molar-refractivity contribution < 1.29 is 24.5 Å². The van der Waals surface area contributed by atoms with Crippen LogP contribution in [-0.4, -0.2) is 22.6 Å². The molecule has 0 N–H and O–H groups in total. The number of aromatic nitrogens is 3. The van der Waals surface area contributed by atoms with E-state index in [9.17, 15) is 0 Å². The number of benzene rings is 8. The van der Waals surface area contributed by atoms with Crippen molar-refractivity contribution in [3.63, 3.8) is 0 Å². The number of hydrogen-bond acceptors (Lipinski definition) is 3. The second-order valence-corrected chi connectivity index (χ2v) is 21.7. The molecule has 61 heavy (non-hydrogen) atoms. The number of para-hydroxylation sites is 1. The Morgan fingerprint density at radius 2 is 1.31 bits per heavy atom. The molecule has 0 aliphatic carbocycles. The van der Waals surface area contributed by atoms with Crippen LogP contribution in [0.5, 0.6) is 0 Å². The standard InChI is InChI=1S/C41H27N2O.C14H16NSi.Ir/c1-25-21-30(27-11-4-3-5-12-27)22-26(2)39(25)43-37-23-29-20-19-28-13-6-7-14-31(28)35(29)24-36(37)42-41(43)34-17-10-16-33-32-15-8-9-18-38(32)44-40(33)34;1-16(2,3)13-9-10-14(15-11-13)12-7-5-4-6-8-12;/h3-16,18-24H,1-2H3;4-7,9-11H,1-3H3;/q2*-1;. The van der Waals surface area contributed by atoms with E-state index in [1.54, 1.807) is 0 Å². The molecule has 0 spiro atoms. The van der Waals surface area contributed by atoms with Gasteiger partial charge in [0.05, 0.1) is 30.5 Å². The number of aryl methyl sites for hydroxylation is 2. The second kappa shape index (κ2) is 16.2. The summed E-state index contributed by atoms with van der Waals surface area (Å²) in [6, 6.07) is 63.9. The first-order valence-corrected chi connectivity index (χ1v) is 24.0. The Hall–Kier alpha value is -6.43. The zero-order valence-electron chi connectivity index (χ0n) is 34.7. The van der Waals surface area contributed by atoms with Gasteiger partial charge in [-0.3, -0.25) is 4.98 Å². The number of furan rings is 1. The predicted molar refractivity (Wildman–Crippen MR) is 254 cm³/mol. The van der Waals surface area contributed by atoms with Gasteiger partial charge in [-0.2, -0.15) is 0 Å². The fourth-order valence-corrected chi connectivity index (χ4v) is 9.52. The van der Waals surface area contributed by atoms with Crippen LogP contribution >= 0.6 is 0 Å². The van der Waals surface area contributed by atoms with Gasteiger partial charge in [-0.15, -0.1) is 54.1 Å². The first-order valence-electron chi connectivity index (χ1n) is 20.5. The maximum atomic E-state index is 6.51. The summed E-state index contributed by atoms with van der Waals surface area (Å²) in [5, 5.41) is 8.40. The summed E-state index contributed by atoms with van der Waals surface area (Å²) in [6.07, 6.45) is 2.02. The maximum Gasteiger partial charge on any atom is 0.120 e. The molecule has 3 aromatic heterocycles. The van der Waals surface area contributed by atoms with Gasteiger partial charge in [-0.25, -0.2) is 0 Å². The Morgan fingerprint density at radius 1 is 0.590 bits per heavy atom. The summed E-state index contributed by atoms with van der Waals surface area (Å²) in [5.74, 6) is 0.822. The Morgan fingerprint density at radius 3 is 2.05 bits per heavy atom. The molecule has 6 heteroatoms. The summed E-state index contributed by atoms with van der Waals surface area (Å²) in [4.78, 5) is 9.89. The van der Waals surface area contributed by atoms with Crippen LogP contribution in [0.1, 0.15) is 11.1 Å². The van der Waals surface area contributed by atoms with Crippen molar-refractivity contribution in [1.82, 2.24) is 14.5 Å². The van der Waals surface area contributed by atoms with E-state index in [0.29, 0.717) is 0 Å². The topological polar surface area (TPSA) is 43.9 Å². The molecule has 0 aliphatic heterocycles. The molecule has 4 nitrogen and oxygen atoms in total. The fourth-order valence-electron chi connectivity index (χ4n) is 8.48. The van der Waals surface area contributed by atoms with Crippen LogP contribution in [-0.2, 0) is 20.1 Å². The Kier molecular flexibility index (Phi) is 10.6. The molecule has 1 radical (unpaired) electrons. The molecule has 11 rings (SSSR count). The molecule has 0 bridgehead atoms. The predicted octanol–water partition coefficient (Wildman–Crippen LogP) is 14.1. The van der Waals surface area contributed by atoms with E-state index in [1.807, 2.05) is 48.7 Å². The van der Waals surface area contributed by atoms with E-state index < -0.39 is 8.07 Å². The van der Waals surface area contributed by atoms with Crippen LogP contribution in [0, 0.1) is 26.0 Å². The van der Waals surface area contributed by atoms with E-state index in [2.05, 4.69) is 176 Å². The molecule has 0 saturated heterocycles. The molecule has 0 fully saturated rings. The minimum atomic E-state index is -1.23. The van der Waals surface area contributed by atoms with E-state index in [1.165, 1.54) is 49.0 Å². The third-order valence-corrected chi connectivity index (χ3v) is 13.5. The van der Waals surface area contributed by atoms with Crippen molar-refractivity contribution in [2.24, 2.45) is 0 Å². The normalized spacial score (nSPS) is 11.6. The average molecular weight is 982 g/mol. The fraction of sp³-hybridized carbons (Fsp3) is 0.0909. The van der Waals surface area contributed by atoms with E-state index in [0.717, 1.165) is 61.3 Å². The van der Waals surface area contributed by atoms with Gasteiger partial charge in [0.1, 0.15) is 5.58 Å². The third-order valence-electron chi connectivity index (χ3n) is 11.5. The van der Waals surface area contributed by atoms with Crippen molar-refractivity contribution in [3.8, 4) is 39.5 Å². The van der Waals surface area contributed by atoms with E-state index in [-0.39, 0.29) is 20.1 Å². The molecule has 299 valence electrons. The Labute approximate surface area is 370 Å². The maximum absolute atomic E-state index is 6.51. The summed E-state index contributed by atoms with van der Waals surface area (Å²) in [5.41, 5.74) is 12.5. The largest absolute Gasteiger partial charge is 0.501 e. The molecule has 0 aliphatic rings. The SMILES string of the molecule is C[Si](C)(C)c1ccc(-c2[c-]cccc2)nc1.Cc1cc(-c2ccccc2)cc(C)c1-n1c(-c2[c-]ccc3c2oc2ccccc23)nc2cc3c(ccc4ccccc43)cc21.[Ir]. The summed E-state index contributed by atoms with van der Waals surface area (Å²) in [7, 11) is -1.23. The van der Waals surface area contributed by atoms with Crippen LogP contribution in [0.4, 0.5) is 0 Å². The number of imidazole rings is 1. The molecule has 8 aromatic carbocycles. The molecular formula is C55H43IrN3OSi-2. The van der Waals surface area contributed by atoms with Crippen LogP contribution in [0.2, 0.25) is 19.6 Å². The van der Waals surface area contributed by atoms with Crippen LogP contribution < -0.4 is 5.19 Å². The van der Waals surface area contributed by atoms with Crippen molar-refractivity contribution in [1.29, 1.82) is 0 Å². The second-order valence-electron chi connectivity index (χ2n) is 16.6. The first kappa shape index (κ1) is 40.0. The van der Waals surface area contributed by atoms with E-state index >= 15 is 0 Å². The minimum Gasteiger partial charge on any atom is -0.501 e. The number of nitrogens with zero attached hydrogens (tertiary/aromatic N) is 3. The van der Waals surface area contributed by atoms with Crippen LogP contribution in [0.3, 0.4) is 0 Å². The van der Waals surface area contributed by atoms with Gasteiger partial charge in [0.25, 0.3) is 0 Å². The molecular weight excluding hydrogens is 939 g/mol. The molecule has 3 heterocycles. The van der Waals surface area contributed by atoms with E-state index in [4.69, 9.17) is 9.40 Å². The molecule has 0 amide bonds. The van der Waals surface area contributed by atoms with Crippen LogP contribution in [0.15, 0.2) is 174 Å². The van der Waals surface area contributed by atoms with Gasteiger partial charge in [-0.05, 0) is 98.9 Å². The molecule has 11 aromatic rings. The van der Waals surface area contributed by atoms with Crippen molar-refractivity contribution in [3.05, 3.63) is 193 Å². The quantitative estimate of drug-likeness (QED) is 0.0980.